The van der Waals surface area contributed by atoms with E-state index in [1.807, 2.05) is 17.2 Å². The Balaban J connectivity index is 1.31. The molecule has 35 heavy (non-hydrogen) atoms. The van der Waals surface area contributed by atoms with Crippen LogP contribution in [0.4, 0.5) is 20.6 Å². The number of carbonyl (C=O) groups is 1. The van der Waals surface area contributed by atoms with Crippen LogP contribution >= 0.6 is 0 Å². The minimum absolute atomic E-state index is 0.0524. The van der Waals surface area contributed by atoms with Gasteiger partial charge in [0, 0.05) is 36.4 Å². The number of fused-ring (bicyclic) bond motifs is 1. The van der Waals surface area contributed by atoms with Crippen molar-refractivity contribution in [2.24, 2.45) is 5.92 Å². The molecular formula is C26H34FN7O. The SMILES string of the molecule is CC(C)Cn1cc(N2CC(C)(F)C2)c2cnc(-c3[nH]ncc3NC(=O)N3CCCCC34CC4)cc21. The molecular weight excluding hydrogens is 445 g/mol. The van der Waals surface area contributed by atoms with Crippen molar-refractivity contribution in [1.29, 1.82) is 0 Å². The van der Waals surface area contributed by atoms with Gasteiger partial charge in [0.25, 0.3) is 0 Å². The number of rotatable bonds is 5. The Hall–Kier alpha value is -3.10. The quantitative estimate of drug-likeness (QED) is 0.528. The first-order valence-corrected chi connectivity index (χ1v) is 12.8. The van der Waals surface area contributed by atoms with Gasteiger partial charge in [-0.15, -0.1) is 0 Å². The highest BCUT2D eigenvalue weighted by molar-refractivity contribution is 5.97. The number of pyridine rings is 1. The lowest BCUT2D eigenvalue weighted by atomic mass is 9.98. The third kappa shape index (κ3) is 3.94. The maximum atomic E-state index is 14.2. The van der Waals surface area contributed by atoms with Crippen LogP contribution < -0.4 is 10.2 Å². The van der Waals surface area contributed by atoms with E-state index < -0.39 is 5.67 Å². The molecule has 1 aliphatic carbocycles. The minimum atomic E-state index is -1.14. The highest BCUT2D eigenvalue weighted by atomic mass is 19.1. The lowest BCUT2D eigenvalue weighted by Gasteiger charge is -2.43. The highest BCUT2D eigenvalue weighted by Crippen LogP contribution is 2.48. The van der Waals surface area contributed by atoms with Crippen LogP contribution in [0.3, 0.4) is 0 Å². The largest absolute Gasteiger partial charge is 0.363 e. The summed E-state index contributed by atoms with van der Waals surface area (Å²) in [7, 11) is 0. The molecule has 3 aliphatic rings. The zero-order chi connectivity index (χ0) is 24.4. The van der Waals surface area contributed by atoms with Gasteiger partial charge in [0.1, 0.15) is 11.4 Å². The highest BCUT2D eigenvalue weighted by Gasteiger charge is 2.51. The number of halogens is 1. The van der Waals surface area contributed by atoms with Gasteiger partial charge in [-0.1, -0.05) is 13.8 Å². The van der Waals surface area contributed by atoms with Crippen LogP contribution in [0.2, 0.25) is 0 Å². The van der Waals surface area contributed by atoms with E-state index >= 15 is 0 Å². The van der Waals surface area contributed by atoms with Crippen LogP contribution in [0.5, 0.6) is 0 Å². The van der Waals surface area contributed by atoms with E-state index in [1.54, 1.807) is 13.1 Å². The molecule has 5 heterocycles. The molecule has 2 amide bonds. The van der Waals surface area contributed by atoms with Crippen molar-refractivity contribution in [2.45, 2.75) is 70.6 Å². The number of amides is 2. The average Bonchev–Trinajstić information content (AvgIpc) is 3.24. The monoisotopic (exact) mass is 479 g/mol. The number of aromatic nitrogens is 4. The summed E-state index contributed by atoms with van der Waals surface area (Å²) in [5, 5.41) is 11.4. The summed E-state index contributed by atoms with van der Waals surface area (Å²) in [5.74, 6) is 0.458. The Morgan fingerprint density at radius 3 is 2.74 bits per heavy atom. The van der Waals surface area contributed by atoms with E-state index in [2.05, 4.69) is 45.0 Å². The molecule has 2 aliphatic heterocycles. The number of nitrogens with one attached hydrogen (secondary N) is 2. The normalized spacial score (nSPS) is 20.5. The molecule has 3 fully saturated rings. The van der Waals surface area contributed by atoms with Crippen molar-refractivity contribution >= 4 is 28.3 Å². The number of H-pyrrole nitrogens is 1. The molecule has 6 rings (SSSR count). The van der Waals surface area contributed by atoms with Gasteiger partial charge >= 0.3 is 6.03 Å². The van der Waals surface area contributed by atoms with Crippen molar-refractivity contribution in [3.63, 3.8) is 0 Å². The predicted molar refractivity (Wildman–Crippen MR) is 135 cm³/mol. The van der Waals surface area contributed by atoms with E-state index in [0.717, 1.165) is 61.1 Å². The minimum Gasteiger partial charge on any atom is -0.363 e. The fraction of sp³-hybridized carbons (Fsp3) is 0.577. The van der Waals surface area contributed by atoms with Gasteiger partial charge in [-0.05, 0) is 51.0 Å². The Kier molecular flexibility index (Phi) is 5.09. The Labute approximate surface area is 204 Å². The standard InChI is InChI=1S/C26H34FN7O/c1-17(2)13-32-14-22(33-15-25(3,27)16-33)18-11-28-19(10-21(18)32)23-20(12-29-31-23)30-24(35)34-9-5-4-6-26(34)7-8-26/h10-12,14,17H,4-9,13,15-16H2,1-3H3,(H,29,31)(H,30,35). The molecule has 2 saturated heterocycles. The second-order valence-corrected chi connectivity index (χ2v) is 11.3. The topological polar surface area (TPSA) is 82.1 Å². The maximum absolute atomic E-state index is 14.2. The van der Waals surface area contributed by atoms with Crippen molar-refractivity contribution in [3.05, 3.63) is 24.7 Å². The number of hydrogen-bond donors (Lipinski definition) is 2. The maximum Gasteiger partial charge on any atom is 0.322 e. The molecule has 9 heteroatoms. The molecule has 3 aromatic rings. The predicted octanol–water partition coefficient (Wildman–Crippen LogP) is 5.18. The summed E-state index contributed by atoms with van der Waals surface area (Å²) >= 11 is 0. The van der Waals surface area contributed by atoms with Crippen molar-refractivity contribution in [2.75, 3.05) is 29.9 Å². The van der Waals surface area contributed by atoms with E-state index in [9.17, 15) is 9.18 Å². The lowest BCUT2D eigenvalue weighted by molar-refractivity contribution is 0.145. The number of carbonyl (C=O) groups excluding carboxylic acids is 1. The van der Waals surface area contributed by atoms with Gasteiger partial charge in [0.05, 0.1) is 41.9 Å². The lowest BCUT2D eigenvalue weighted by Crippen LogP contribution is -2.57. The first-order valence-electron chi connectivity index (χ1n) is 12.8. The number of hydrogen-bond acceptors (Lipinski definition) is 4. The van der Waals surface area contributed by atoms with Crippen LogP contribution in [0.15, 0.2) is 24.7 Å². The molecule has 8 nitrogen and oxygen atoms in total. The van der Waals surface area contributed by atoms with E-state index in [1.165, 1.54) is 6.42 Å². The Morgan fingerprint density at radius 1 is 1.23 bits per heavy atom. The summed E-state index contributed by atoms with van der Waals surface area (Å²) < 4.78 is 16.5. The number of aromatic amines is 1. The van der Waals surface area contributed by atoms with Crippen molar-refractivity contribution in [3.8, 4) is 11.4 Å². The molecule has 0 bridgehead atoms. The fourth-order valence-electron chi connectivity index (χ4n) is 5.86. The molecule has 1 spiro atoms. The number of anilines is 2. The van der Waals surface area contributed by atoms with Crippen LogP contribution in [0.1, 0.15) is 52.9 Å². The van der Waals surface area contributed by atoms with Crippen molar-refractivity contribution in [1.82, 2.24) is 24.6 Å². The molecule has 186 valence electrons. The number of piperidine rings is 1. The van der Waals surface area contributed by atoms with Gasteiger partial charge < -0.3 is 19.7 Å². The van der Waals surface area contributed by atoms with E-state index in [0.29, 0.717) is 30.4 Å². The van der Waals surface area contributed by atoms with Crippen LogP contribution in [0, 0.1) is 5.92 Å². The summed E-state index contributed by atoms with van der Waals surface area (Å²) in [4.78, 5) is 22.0. The second-order valence-electron chi connectivity index (χ2n) is 11.3. The number of alkyl halides is 1. The first kappa shape index (κ1) is 22.4. The van der Waals surface area contributed by atoms with Crippen molar-refractivity contribution < 1.29 is 9.18 Å². The van der Waals surface area contributed by atoms with Gasteiger partial charge in [0.15, 0.2) is 0 Å². The molecule has 0 unspecified atom stereocenters. The van der Waals surface area contributed by atoms with Crippen LogP contribution in [0.25, 0.3) is 22.3 Å². The average molecular weight is 480 g/mol. The molecule has 0 radical (unpaired) electrons. The summed E-state index contributed by atoms with van der Waals surface area (Å²) in [5.41, 5.74) is 3.06. The number of likely N-dealkylation sites (tertiary alicyclic amines) is 1. The van der Waals surface area contributed by atoms with Gasteiger partial charge in [-0.25, -0.2) is 9.18 Å². The number of urea groups is 1. The molecule has 0 atom stereocenters. The second kappa shape index (κ2) is 7.96. The molecule has 1 saturated carbocycles. The van der Waals surface area contributed by atoms with Gasteiger partial charge in [0.2, 0.25) is 0 Å². The first-order chi connectivity index (χ1) is 16.7. The molecule has 0 aromatic carbocycles. The Morgan fingerprint density at radius 2 is 2.03 bits per heavy atom. The summed E-state index contributed by atoms with van der Waals surface area (Å²) in [6.45, 7) is 8.47. The number of nitrogens with zero attached hydrogens (tertiary/aromatic N) is 5. The smallest absolute Gasteiger partial charge is 0.322 e. The zero-order valence-electron chi connectivity index (χ0n) is 20.8. The fourth-order valence-corrected chi connectivity index (χ4v) is 5.86. The van der Waals surface area contributed by atoms with E-state index in [-0.39, 0.29) is 11.6 Å². The summed E-state index contributed by atoms with van der Waals surface area (Å²) in [6, 6.07) is 1.99. The van der Waals surface area contributed by atoms with Gasteiger partial charge in [-0.3, -0.25) is 10.1 Å². The third-order valence-electron chi connectivity index (χ3n) is 7.75. The molecule has 2 N–H and O–H groups in total. The van der Waals surface area contributed by atoms with Gasteiger partial charge in [-0.2, -0.15) is 5.10 Å². The van der Waals surface area contributed by atoms with E-state index in [4.69, 9.17) is 4.98 Å². The zero-order valence-corrected chi connectivity index (χ0v) is 20.8. The molecule has 3 aromatic heterocycles. The van der Waals surface area contributed by atoms with Crippen LogP contribution in [-0.4, -0.2) is 61.5 Å². The Bertz CT molecular complexity index is 1260. The van der Waals surface area contributed by atoms with Crippen LogP contribution in [-0.2, 0) is 6.54 Å². The summed E-state index contributed by atoms with van der Waals surface area (Å²) in [6.07, 6.45) is 11.2. The third-order valence-corrected chi connectivity index (χ3v) is 7.75.